The minimum atomic E-state index is -0.420. The summed E-state index contributed by atoms with van der Waals surface area (Å²) in [7, 11) is 1.95. The van der Waals surface area contributed by atoms with Crippen molar-refractivity contribution in [2.45, 2.75) is 52.7 Å². The molecular weight excluding hydrogens is 492 g/mol. The normalized spacial score (nSPS) is 11.3. The lowest BCUT2D eigenvalue weighted by Gasteiger charge is -2.15. The number of aromatic amines is 1. The number of benzene rings is 1. The molecule has 0 bridgehead atoms. The van der Waals surface area contributed by atoms with Crippen molar-refractivity contribution in [3.05, 3.63) is 80.6 Å². The van der Waals surface area contributed by atoms with Gasteiger partial charge in [-0.1, -0.05) is 74.5 Å². The third-order valence-corrected chi connectivity index (χ3v) is 6.86. The van der Waals surface area contributed by atoms with Gasteiger partial charge in [0.25, 0.3) is 0 Å². The zero-order valence-electron chi connectivity index (χ0n) is 22.4. The third-order valence-electron chi connectivity index (χ3n) is 4.22. The van der Waals surface area contributed by atoms with E-state index in [9.17, 15) is 4.79 Å². The van der Waals surface area contributed by atoms with Crippen molar-refractivity contribution < 1.29 is 14.4 Å². The highest BCUT2D eigenvalue weighted by atomic mass is 32.2. The second-order valence-electron chi connectivity index (χ2n) is 8.04. The van der Waals surface area contributed by atoms with Gasteiger partial charge in [0.1, 0.15) is 19.4 Å². The maximum absolute atomic E-state index is 10.4. The summed E-state index contributed by atoms with van der Waals surface area (Å²) in [4.78, 5) is 34.3. The number of nitrogens with one attached hydrogen (secondary N) is 2. The number of amides is 1. The molecule has 1 heterocycles. The van der Waals surface area contributed by atoms with E-state index in [2.05, 4.69) is 55.1 Å². The van der Waals surface area contributed by atoms with Crippen LogP contribution in [-0.2, 0) is 25.6 Å². The third kappa shape index (κ3) is 15.8. The van der Waals surface area contributed by atoms with Gasteiger partial charge in [-0.25, -0.2) is 4.98 Å². The number of imidazole rings is 1. The molecule has 0 saturated carbocycles. The molecule has 1 amide bonds. The number of carbonyl (C=O) groups excluding carboxylic acids is 3. The first-order valence-corrected chi connectivity index (χ1v) is 12.9. The highest BCUT2D eigenvalue weighted by Gasteiger charge is 2.16. The van der Waals surface area contributed by atoms with Crippen LogP contribution in [0.3, 0.4) is 0 Å². The molecule has 0 radical (unpaired) electrons. The number of hydrogen-bond donors (Lipinski definition) is 3. The van der Waals surface area contributed by atoms with Crippen LogP contribution in [0.1, 0.15) is 57.3 Å². The van der Waals surface area contributed by atoms with Crippen molar-refractivity contribution in [2.75, 3.05) is 7.05 Å². The Kier molecular flexibility index (Phi) is 19.7. The molecule has 198 valence electrons. The van der Waals surface area contributed by atoms with Gasteiger partial charge in [0, 0.05) is 34.7 Å². The fourth-order valence-corrected chi connectivity index (χ4v) is 4.27. The lowest BCUT2D eigenvalue weighted by atomic mass is 9.93. The van der Waals surface area contributed by atoms with Gasteiger partial charge in [0.15, 0.2) is 0 Å². The van der Waals surface area contributed by atoms with E-state index in [1.54, 1.807) is 17.8 Å². The first-order valence-electron chi connectivity index (χ1n) is 11.1. The topological polar surface area (TPSA) is 118 Å². The van der Waals surface area contributed by atoms with Crippen LogP contribution in [0.15, 0.2) is 58.0 Å². The molecule has 0 spiro atoms. The van der Waals surface area contributed by atoms with E-state index < -0.39 is 5.91 Å². The molecule has 36 heavy (non-hydrogen) atoms. The van der Waals surface area contributed by atoms with Gasteiger partial charge in [-0.2, -0.15) is 0 Å². The van der Waals surface area contributed by atoms with Gasteiger partial charge >= 0.3 is 0 Å². The van der Waals surface area contributed by atoms with E-state index in [0.29, 0.717) is 0 Å². The summed E-state index contributed by atoms with van der Waals surface area (Å²) in [5.74, 6) is 1.48. The molecule has 0 unspecified atom stereocenters. The standard InChI is InChI=1S/C15H25N3S2.C10H11NO.2CH2O/c1-7-13(16-6)20-14(8-2)19-10-12-17-9-11(18-12)15(3,4)5;1-8-3-2-4-9(7-8)5-6-10(11)12;2*1-2/h7-9,16H,10H2,1-6H3,(H,17,18);2-7H,1H3,(H2,11,12);2*1H2/b13-7+,14-8-;6-5+;;. The molecule has 4 N–H and O–H groups in total. The minimum absolute atomic E-state index is 0.123. The predicted molar refractivity (Wildman–Crippen MR) is 156 cm³/mol. The van der Waals surface area contributed by atoms with Crippen molar-refractivity contribution in [3.8, 4) is 0 Å². The van der Waals surface area contributed by atoms with Crippen LogP contribution < -0.4 is 11.1 Å². The second kappa shape index (κ2) is 20.2. The molecule has 7 nitrogen and oxygen atoms in total. The van der Waals surface area contributed by atoms with Gasteiger partial charge in [-0.05, 0) is 32.4 Å². The Morgan fingerprint density at radius 3 is 2.25 bits per heavy atom. The highest BCUT2D eigenvalue weighted by molar-refractivity contribution is 8.23. The SMILES string of the molecule is C/C=C(/SCc1ncc(C(C)(C)C)[nH]1)S/C(=C/C)NC.C=O.C=O.Cc1cccc(/C=C/C(N)=O)c1. The molecule has 0 aliphatic carbocycles. The van der Waals surface area contributed by atoms with Crippen LogP contribution in [0.5, 0.6) is 0 Å². The number of allylic oxidation sites excluding steroid dienone is 2. The Bertz CT molecular complexity index is 991. The summed E-state index contributed by atoms with van der Waals surface area (Å²) >= 11 is 3.56. The number of aromatic nitrogens is 2. The molecule has 2 rings (SSSR count). The number of thioether (sulfide) groups is 2. The number of carbonyl (C=O) groups is 3. The van der Waals surface area contributed by atoms with E-state index >= 15 is 0 Å². The van der Waals surface area contributed by atoms with Crippen molar-refractivity contribution >= 4 is 49.1 Å². The molecule has 1 aromatic carbocycles. The largest absolute Gasteiger partial charge is 0.383 e. The van der Waals surface area contributed by atoms with Crippen LogP contribution in [0.4, 0.5) is 0 Å². The first kappa shape index (κ1) is 35.1. The zero-order chi connectivity index (χ0) is 28.1. The van der Waals surface area contributed by atoms with E-state index in [4.69, 9.17) is 15.3 Å². The van der Waals surface area contributed by atoms with Crippen molar-refractivity contribution in [3.63, 3.8) is 0 Å². The smallest absolute Gasteiger partial charge is 0.241 e. The molecule has 1 aromatic heterocycles. The summed E-state index contributed by atoms with van der Waals surface area (Å²) in [6.45, 7) is 16.7. The molecular formula is C27H40N4O3S2. The number of rotatable bonds is 8. The maximum atomic E-state index is 10.4. The number of H-pyrrole nitrogens is 1. The summed E-state index contributed by atoms with van der Waals surface area (Å²) < 4.78 is 1.28. The summed E-state index contributed by atoms with van der Waals surface area (Å²) in [5.41, 5.74) is 8.43. The Balaban J connectivity index is 0. The van der Waals surface area contributed by atoms with Gasteiger partial charge in [0.05, 0.1) is 10.8 Å². The van der Waals surface area contributed by atoms with Crippen LogP contribution in [-0.4, -0.2) is 36.5 Å². The lowest BCUT2D eigenvalue weighted by molar-refractivity contribution is -0.113. The second-order valence-corrected chi connectivity index (χ2v) is 10.4. The molecule has 0 aliphatic heterocycles. The van der Waals surface area contributed by atoms with Gasteiger partial charge < -0.3 is 25.6 Å². The number of hydrogen-bond acceptors (Lipinski definition) is 7. The monoisotopic (exact) mass is 532 g/mol. The van der Waals surface area contributed by atoms with Gasteiger partial charge in [-0.15, -0.1) is 11.8 Å². The van der Waals surface area contributed by atoms with Crippen LogP contribution in [0.2, 0.25) is 0 Å². The molecule has 0 atom stereocenters. The Morgan fingerprint density at radius 1 is 1.17 bits per heavy atom. The van der Waals surface area contributed by atoms with Gasteiger partial charge in [-0.3, -0.25) is 4.79 Å². The number of nitrogens with zero attached hydrogens (tertiary/aromatic N) is 1. The van der Waals surface area contributed by atoms with E-state index in [1.165, 1.54) is 26.6 Å². The first-order chi connectivity index (χ1) is 17.1. The summed E-state index contributed by atoms with van der Waals surface area (Å²) in [6.07, 6.45) is 9.23. The quantitative estimate of drug-likeness (QED) is 0.371. The van der Waals surface area contributed by atoms with Crippen molar-refractivity contribution in [2.24, 2.45) is 5.73 Å². The van der Waals surface area contributed by atoms with Crippen molar-refractivity contribution in [1.82, 2.24) is 15.3 Å². The van der Waals surface area contributed by atoms with Gasteiger partial charge in [0.2, 0.25) is 5.91 Å². The fourth-order valence-electron chi connectivity index (χ4n) is 2.44. The van der Waals surface area contributed by atoms with Crippen molar-refractivity contribution in [1.29, 1.82) is 0 Å². The molecule has 0 fully saturated rings. The number of aryl methyl sites for hydroxylation is 1. The minimum Gasteiger partial charge on any atom is -0.383 e. The highest BCUT2D eigenvalue weighted by Crippen LogP contribution is 2.34. The predicted octanol–water partition coefficient (Wildman–Crippen LogP) is 5.74. The Morgan fingerprint density at radius 2 is 1.81 bits per heavy atom. The molecule has 0 aliphatic rings. The lowest BCUT2D eigenvalue weighted by Crippen LogP contribution is -2.11. The summed E-state index contributed by atoms with van der Waals surface area (Å²) in [5, 5.41) is 4.35. The number of nitrogens with two attached hydrogens (primary N) is 1. The number of primary amides is 1. The van der Waals surface area contributed by atoms with E-state index in [0.717, 1.165) is 17.1 Å². The molecule has 9 heteroatoms. The fraction of sp³-hybridized carbons (Fsp3) is 0.333. The Labute approximate surface area is 224 Å². The molecule has 2 aromatic rings. The summed E-state index contributed by atoms with van der Waals surface area (Å²) in [6, 6.07) is 7.85. The van der Waals surface area contributed by atoms with Crippen LogP contribution >= 0.6 is 23.5 Å². The van der Waals surface area contributed by atoms with E-state index in [1.807, 2.05) is 76.7 Å². The zero-order valence-corrected chi connectivity index (χ0v) is 24.0. The Hall–Kier alpha value is -3.04. The maximum Gasteiger partial charge on any atom is 0.241 e. The molecule has 0 saturated heterocycles. The van der Waals surface area contributed by atoms with Crippen LogP contribution in [0.25, 0.3) is 6.08 Å². The average molecular weight is 533 g/mol. The van der Waals surface area contributed by atoms with Crippen LogP contribution in [0, 0.1) is 6.92 Å². The van der Waals surface area contributed by atoms with E-state index in [-0.39, 0.29) is 5.41 Å². The average Bonchev–Trinajstić information content (AvgIpc) is 3.36.